The molecule has 1 atom stereocenters. The van der Waals surface area contributed by atoms with Crippen LogP contribution in [0, 0.1) is 0 Å². The highest BCUT2D eigenvalue weighted by Crippen LogP contribution is 2.24. The van der Waals surface area contributed by atoms with Crippen molar-refractivity contribution in [1.82, 2.24) is 4.90 Å². The molecule has 1 heterocycles. The standard InChI is InChI=1S/C22H26N2O3/c1-22(2,3)27-21(26)24-15-7-10-19(24)20(25)23-18-13-11-17(12-14-18)16-8-5-4-6-9-16/h4-6,8-9,11-14,19H,7,10,15H2,1-3H3,(H,23,25)/t19-/m0/s1. The summed E-state index contributed by atoms with van der Waals surface area (Å²) in [5.74, 6) is -0.175. The van der Waals surface area contributed by atoms with E-state index >= 15 is 0 Å². The molecule has 1 aliphatic heterocycles. The van der Waals surface area contributed by atoms with Gasteiger partial charge in [0.1, 0.15) is 11.6 Å². The Morgan fingerprint density at radius 3 is 2.26 bits per heavy atom. The predicted octanol–water partition coefficient (Wildman–Crippen LogP) is 4.69. The van der Waals surface area contributed by atoms with Crippen LogP contribution in [0.1, 0.15) is 33.6 Å². The molecule has 5 heteroatoms. The quantitative estimate of drug-likeness (QED) is 0.857. The zero-order valence-electron chi connectivity index (χ0n) is 16.1. The van der Waals surface area contributed by atoms with Crippen molar-refractivity contribution in [1.29, 1.82) is 0 Å². The lowest BCUT2D eigenvalue weighted by Crippen LogP contribution is -2.45. The van der Waals surface area contributed by atoms with E-state index in [4.69, 9.17) is 4.74 Å². The van der Waals surface area contributed by atoms with Crippen molar-refractivity contribution in [2.45, 2.75) is 45.3 Å². The van der Waals surface area contributed by atoms with Gasteiger partial charge in [-0.25, -0.2) is 4.79 Å². The second-order valence-corrected chi connectivity index (χ2v) is 7.76. The summed E-state index contributed by atoms with van der Waals surface area (Å²) in [4.78, 5) is 26.6. The molecule has 0 saturated carbocycles. The zero-order chi connectivity index (χ0) is 19.4. The molecule has 142 valence electrons. The molecule has 0 unspecified atom stereocenters. The number of carbonyl (C=O) groups is 2. The highest BCUT2D eigenvalue weighted by atomic mass is 16.6. The molecule has 1 fully saturated rings. The second-order valence-electron chi connectivity index (χ2n) is 7.76. The van der Waals surface area contributed by atoms with Crippen LogP contribution in [0.4, 0.5) is 10.5 Å². The van der Waals surface area contributed by atoms with Gasteiger partial charge in [-0.05, 0) is 56.9 Å². The van der Waals surface area contributed by atoms with Crippen molar-refractivity contribution in [3.63, 3.8) is 0 Å². The van der Waals surface area contributed by atoms with E-state index in [1.54, 1.807) is 0 Å². The number of likely N-dealkylation sites (tertiary alicyclic amines) is 1. The number of hydrogen-bond donors (Lipinski definition) is 1. The highest BCUT2D eigenvalue weighted by Gasteiger charge is 2.36. The summed E-state index contributed by atoms with van der Waals surface area (Å²) in [7, 11) is 0. The van der Waals surface area contributed by atoms with Crippen molar-refractivity contribution in [3.05, 3.63) is 54.6 Å². The lowest BCUT2D eigenvalue weighted by atomic mass is 10.1. The second kappa shape index (κ2) is 7.82. The maximum atomic E-state index is 12.7. The number of rotatable bonds is 3. The molecule has 2 aromatic rings. The van der Waals surface area contributed by atoms with Crippen molar-refractivity contribution in [2.75, 3.05) is 11.9 Å². The molecule has 5 nitrogen and oxygen atoms in total. The van der Waals surface area contributed by atoms with Crippen molar-refractivity contribution >= 4 is 17.7 Å². The summed E-state index contributed by atoms with van der Waals surface area (Å²) < 4.78 is 5.42. The van der Waals surface area contributed by atoms with E-state index in [1.807, 2.05) is 75.4 Å². The minimum Gasteiger partial charge on any atom is -0.444 e. The van der Waals surface area contributed by atoms with E-state index < -0.39 is 17.7 Å². The van der Waals surface area contributed by atoms with Crippen LogP contribution in [0.15, 0.2) is 54.6 Å². The molecule has 27 heavy (non-hydrogen) atoms. The van der Waals surface area contributed by atoms with Gasteiger partial charge >= 0.3 is 6.09 Å². The molecule has 1 aliphatic rings. The number of ether oxygens (including phenoxy) is 1. The number of anilines is 1. The summed E-state index contributed by atoms with van der Waals surface area (Å²) in [6.07, 6.45) is 1.01. The fraction of sp³-hybridized carbons (Fsp3) is 0.364. The molecule has 1 saturated heterocycles. The predicted molar refractivity (Wildman–Crippen MR) is 106 cm³/mol. The molecule has 0 radical (unpaired) electrons. The van der Waals surface area contributed by atoms with Crippen LogP contribution in [-0.2, 0) is 9.53 Å². The van der Waals surface area contributed by atoms with Crippen molar-refractivity contribution in [2.24, 2.45) is 0 Å². The summed E-state index contributed by atoms with van der Waals surface area (Å²) >= 11 is 0. The van der Waals surface area contributed by atoms with Crippen LogP contribution in [0.5, 0.6) is 0 Å². The molecule has 0 aliphatic carbocycles. The number of amides is 2. The SMILES string of the molecule is CC(C)(C)OC(=O)N1CCC[C@H]1C(=O)Nc1ccc(-c2ccccc2)cc1. The highest BCUT2D eigenvalue weighted by molar-refractivity contribution is 5.97. The van der Waals surface area contributed by atoms with Crippen molar-refractivity contribution < 1.29 is 14.3 Å². The first-order valence-electron chi connectivity index (χ1n) is 9.29. The molecule has 0 spiro atoms. The zero-order valence-corrected chi connectivity index (χ0v) is 16.1. The van der Waals surface area contributed by atoms with Crippen LogP contribution in [-0.4, -0.2) is 35.1 Å². The molecule has 3 rings (SSSR count). The van der Waals surface area contributed by atoms with Crippen LogP contribution in [0.3, 0.4) is 0 Å². The lowest BCUT2D eigenvalue weighted by Gasteiger charge is -2.28. The molecule has 0 aromatic heterocycles. The molecule has 2 amide bonds. The van der Waals surface area contributed by atoms with Gasteiger partial charge < -0.3 is 10.1 Å². The van der Waals surface area contributed by atoms with E-state index in [0.29, 0.717) is 13.0 Å². The molecule has 0 bridgehead atoms. The largest absolute Gasteiger partial charge is 0.444 e. The number of benzene rings is 2. The topological polar surface area (TPSA) is 58.6 Å². The van der Waals surface area contributed by atoms with Crippen molar-refractivity contribution in [3.8, 4) is 11.1 Å². The Morgan fingerprint density at radius 2 is 1.63 bits per heavy atom. The van der Waals surface area contributed by atoms with Crippen LogP contribution < -0.4 is 5.32 Å². The number of nitrogens with zero attached hydrogens (tertiary/aromatic N) is 1. The Morgan fingerprint density at radius 1 is 1.00 bits per heavy atom. The summed E-state index contributed by atoms with van der Waals surface area (Å²) in [6.45, 7) is 6.01. The van der Waals surface area contributed by atoms with Gasteiger partial charge in [0.2, 0.25) is 5.91 Å². The van der Waals surface area contributed by atoms with Gasteiger partial charge in [-0.3, -0.25) is 9.69 Å². The maximum Gasteiger partial charge on any atom is 0.410 e. The summed E-state index contributed by atoms with van der Waals surface area (Å²) in [6, 6.07) is 17.3. The number of nitrogens with one attached hydrogen (secondary N) is 1. The average molecular weight is 366 g/mol. The van der Waals surface area contributed by atoms with E-state index in [1.165, 1.54) is 4.90 Å². The Bertz CT molecular complexity index is 795. The number of hydrogen-bond acceptors (Lipinski definition) is 3. The maximum absolute atomic E-state index is 12.7. The molecule has 1 N–H and O–H groups in total. The van der Waals surface area contributed by atoms with Gasteiger partial charge in [-0.1, -0.05) is 42.5 Å². The van der Waals surface area contributed by atoms with Gasteiger partial charge in [0.05, 0.1) is 0 Å². The molecular formula is C22H26N2O3. The Balaban J connectivity index is 1.65. The smallest absolute Gasteiger partial charge is 0.410 e. The van der Waals surface area contributed by atoms with E-state index in [9.17, 15) is 9.59 Å². The van der Waals surface area contributed by atoms with Crippen LogP contribution >= 0.6 is 0 Å². The first-order chi connectivity index (χ1) is 12.8. The van der Waals surface area contributed by atoms with Gasteiger partial charge in [0, 0.05) is 12.2 Å². The van der Waals surface area contributed by atoms with Gasteiger partial charge in [-0.2, -0.15) is 0 Å². The monoisotopic (exact) mass is 366 g/mol. The Labute approximate surface area is 160 Å². The Kier molecular flexibility index (Phi) is 5.49. The molecule has 2 aromatic carbocycles. The van der Waals surface area contributed by atoms with Crippen LogP contribution in [0.2, 0.25) is 0 Å². The van der Waals surface area contributed by atoms with E-state index in [0.717, 1.165) is 23.2 Å². The first kappa shape index (κ1) is 19.0. The van der Waals surface area contributed by atoms with E-state index in [-0.39, 0.29) is 5.91 Å². The van der Waals surface area contributed by atoms with E-state index in [2.05, 4.69) is 5.32 Å². The van der Waals surface area contributed by atoms with Gasteiger partial charge in [0.25, 0.3) is 0 Å². The van der Waals surface area contributed by atoms with Gasteiger partial charge in [0.15, 0.2) is 0 Å². The summed E-state index contributed by atoms with van der Waals surface area (Å²) in [5, 5.41) is 2.92. The third-order valence-corrected chi connectivity index (χ3v) is 4.44. The Hall–Kier alpha value is -2.82. The lowest BCUT2D eigenvalue weighted by molar-refractivity contribution is -0.120. The fourth-order valence-electron chi connectivity index (χ4n) is 3.18. The third kappa shape index (κ3) is 4.88. The number of carbonyl (C=O) groups excluding carboxylic acids is 2. The fourth-order valence-corrected chi connectivity index (χ4v) is 3.18. The average Bonchev–Trinajstić information content (AvgIpc) is 3.12. The minimum absolute atomic E-state index is 0.175. The minimum atomic E-state index is -0.575. The first-order valence-corrected chi connectivity index (χ1v) is 9.29. The summed E-state index contributed by atoms with van der Waals surface area (Å²) in [5.41, 5.74) is 2.36. The third-order valence-electron chi connectivity index (χ3n) is 4.44. The van der Waals surface area contributed by atoms with Gasteiger partial charge in [-0.15, -0.1) is 0 Å². The van der Waals surface area contributed by atoms with Crippen LogP contribution in [0.25, 0.3) is 11.1 Å². The molecular weight excluding hydrogens is 340 g/mol. The normalized spacial score (nSPS) is 16.9.